The molecule has 0 unspecified atom stereocenters. The molecule has 1 fully saturated rings. The minimum absolute atomic E-state index is 1.13. The SMILES string of the molecule is CC(C)=C1CN1. The highest BCUT2D eigenvalue weighted by Crippen LogP contribution is 2.07. The van der Waals surface area contributed by atoms with Crippen LogP contribution in [-0.4, -0.2) is 6.54 Å². The Labute approximate surface area is 38.1 Å². The molecule has 1 heteroatoms. The number of rotatable bonds is 0. The largest absolute Gasteiger partial charge is 0.381 e. The highest BCUT2D eigenvalue weighted by molar-refractivity contribution is 5.21. The molecule has 0 aromatic heterocycles. The Hall–Kier alpha value is -0.460. The maximum absolute atomic E-state index is 3.11. The summed E-state index contributed by atoms with van der Waals surface area (Å²) in [6.07, 6.45) is 0. The molecule has 0 atom stereocenters. The molecular weight excluding hydrogens is 74.1 g/mol. The normalized spacial score (nSPS) is 16.7. The Morgan fingerprint density at radius 2 is 2.17 bits per heavy atom. The lowest BCUT2D eigenvalue weighted by atomic mass is 10.3. The number of hydrogen-bond donors (Lipinski definition) is 1. The molecule has 0 amide bonds. The van der Waals surface area contributed by atoms with Gasteiger partial charge in [0.1, 0.15) is 0 Å². The molecule has 0 bridgehead atoms. The molecule has 0 saturated carbocycles. The third-order valence-electron chi connectivity index (χ3n) is 0.957. The van der Waals surface area contributed by atoms with Gasteiger partial charge in [0, 0.05) is 5.70 Å². The molecule has 1 aliphatic rings. The fraction of sp³-hybridized carbons (Fsp3) is 0.600. The van der Waals surface area contributed by atoms with Crippen LogP contribution in [0.4, 0.5) is 0 Å². The van der Waals surface area contributed by atoms with Crippen LogP contribution in [0.5, 0.6) is 0 Å². The van der Waals surface area contributed by atoms with E-state index in [0.717, 1.165) is 6.54 Å². The molecule has 0 aromatic carbocycles. The van der Waals surface area contributed by atoms with Crippen molar-refractivity contribution in [2.24, 2.45) is 0 Å². The molecule has 6 heavy (non-hydrogen) atoms. The van der Waals surface area contributed by atoms with E-state index in [1.807, 2.05) is 0 Å². The summed E-state index contributed by atoms with van der Waals surface area (Å²) in [5.41, 5.74) is 2.85. The lowest BCUT2D eigenvalue weighted by molar-refractivity contribution is 1.31. The molecule has 1 heterocycles. The molecule has 0 spiro atoms. The standard InChI is InChI=1S/C5H9N/c1-4(2)5-3-6-5/h6H,3H2,1-2H3. The molecule has 0 aromatic rings. The molecule has 34 valence electrons. The highest BCUT2D eigenvalue weighted by atomic mass is 15.0. The van der Waals surface area contributed by atoms with Crippen LogP contribution in [0.25, 0.3) is 0 Å². The Balaban J connectivity index is 2.61. The second-order valence-corrected chi connectivity index (χ2v) is 1.83. The molecule has 1 rings (SSSR count). The van der Waals surface area contributed by atoms with Crippen molar-refractivity contribution in [1.29, 1.82) is 0 Å². The molecule has 1 N–H and O–H groups in total. The summed E-state index contributed by atoms with van der Waals surface area (Å²) in [7, 11) is 0. The first-order valence-corrected chi connectivity index (χ1v) is 2.21. The van der Waals surface area contributed by atoms with Crippen LogP contribution in [-0.2, 0) is 0 Å². The van der Waals surface area contributed by atoms with Crippen molar-refractivity contribution in [3.8, 4) is 0 Å². The van der Waals surface area contributed by atoms with Gasteiger partial charge in [-0.15, -0.1) is 0 Å². The molecule has 1 nitrogen and oxygen atoms in total. The lowest BCUT2D eigenvalue weighted by Crippen LogP contribution is -1.65. The van der Waals surface area contributed by atoms with E-state index in [1.165, 1.54) is 11.3 Å². The molecular formula is C5H9N. The van der Waals surface area contributed by atoms with Gasteiger partial charge >= 0.3 is 0 Å². The van der Waals surface area contributed by atoms with E-state index in [0.29, 0.717) is 0 Å². The van der Waals surface area contributed by atoms with Crippen LogP contribution in [0.15, 0.2) is 11.3 Å². The van der Waals surface area contributed by atoms with E-state index >= 15 is 0 Å². The Morgan fingerprint density at radius 3 is 2.17 bits per heavy atom. The summed E-state index contributed by atoms with van der Waals surface area (Å²) in [5.74, 6) is 0. The minimum Gasteiger partial charge on any atom is -0.381 e. The first-order chi connectivity index (χ1) is 2.80. The van der Waals surface area contributed by atoms with Crippen LogP contribution in [0, 0.1) is 0 Å². The minimum atomic E-state index is 1.13. The van der Waals surface area contributed by atoms with Gasteiger partial charge in [0.2, 0.25) is 0 Å². The third kappa shape index (κ3) is 0.534. The van der Waals surface area contributed by atoms with E-state index in [-0.39, 0.29) is 0 Å². The van der Waals surface area contributed by atoms with Crippen LogP contribution < -0.4 is 5.32 Å². The third-order valence-corrected chi connectivity index (χ3v) is 0.957. The second kappa shape index (κ2) is 1.00. The molecule has 0 radical (unpaired) electrons. The van der Waals surface area contributed by atoms with Gasteiger partial charge in [-0.3, -0.25) is 0 Å². The highest BCUT2D eigenvalue weighted by Gasteiger charge is 2.08. The average molecular weight is 83.1 g/mol. The Morgan fingerprint density at radius 1 is 1.67 bits per heavy atom. The maximum atomic E-state index is 3.11. The summed E-state index contributed by atoms with van der Waals surface area (Å²) < 4.78 is 0. The van der Waals surface area contributed by atoms with Crippen LogP contribution in [0.2, 0.25) is 0 Å². The van der Waals surface area contributed by atoms with Crippen molar-refractivity contribution < 1.29 is 0 Å². The summed E-state index contributed by atoms with van der Waals surface area (Å²) in [5, 5.41) is 3.11. The predicted molar refractivity (Wildman–Crippen MR) is 26.4 cm³/mol. The topological polar surface area (TPSA) is 21.9 Å². The average Bonchev–Trinajstić information content (AvgIpc) is 2.06. The zero-order valence-electron chi connectivity index (χ0n) is 4.21. The van der Waals surface area contributed by atoms with E-state index < -0.39 is 0 Å². The molecule has 1 aliphatic heterocycles. The number of allylic oxidation sites excluding steroid dienone is 1. The zero-order chi connectivity index (χ0) is 4.57. The van der Waals surface area contributed by atoms with Crippen molar-refractivity contribution in [3.63, 3.8) is 0 Å². The first kappa shape index (κ1) is 3.72. The molecule has 0 aliphatic carbocycles. The maximum Gasteiger partial charge on any atom is 0.0544 e. The summed E-state index contributed by atoms with van der Waals surface area (Å²) in [6.45, 7) is 5.37. The first-order valence-electron chi connectivity index (χ1n) is 2.21. The summed E-state index contributed by atoms with van der Waals surface area (Å²) in [4.78, 5) is 0. The van der Waals surface area contributed by atoms with Crippen molar-refractivity contribution in [3.05, 3.63) is 11.3 Å². The summed E-state index contributed by atoms with van der Waals surface area (Å²) in [6, 6.07) is 0. The van der Waals surface area contributed by atoms with Gasteiger partial charge in [0.15, 0.2) is 0 Å². The van der Waals surface area contributed by atoms with Gasteiger partial charge in [0.25, 0.3) is 0 Å². The van der Waals surface area contributed by atoms with E-state index in [4.69, 9.17) is 0 Å². The van der Waals surface area contributed by atoms with Gasteiger partial charge < -0.3 is 5.32 Å². The van der Waals surface area contributed by atoms with Gasteiger partial charge in [-0.1, -0.05) is 5.57 Å². The van der Waals surface area contributed by atoms with Crippen molar-refractivity contribution in [1.82, 2.24) is 5.32 Å². The van der Waals surface area contributed by atoms with Gasteiger partial charge in [-0.2, -0.15) is 0 Å². The van der Waals surface area contributed by atoms with Gasteiger partial charge in [-0.05, 0) is 13.8 Å². The quantitative estimate of drug-likeness (QED) is 0.431. The van der Waals surface area contributed by atoms with E-state index in [2.05, 4.69) is 19.2 Å². The summed E-state index contributed by atoms with van der Waals surface area (Å²) >= 11 is 0. The van der Waals surface area contributed by atoms with E-state index in [1.54, 1.807) is 0 Å². The van der Waals surface area contributed by atoms with Crippen molar-refractivity contribution >= 4 is 0 Å². The number of hydrogen-bond acceptors (Lipinski definition) is 1. The van der Waals surface area contributed by atoms with Gasteiger partial charge in [-0.25, -0.2) is 0 Å². The van der Waals surface area contributed by atoms with Crippen LogP contribution in [0.1, 0.15) is 13.8 Å². The zero-order valence-corrected chi connectivity index (χ0v) is 4.21. The predicted octanol–water partition coefficient (Wildman–Crippen LogP) is 0.883. The smallest absolute Gasteiger partial charge is 0.0544 e. The monoisotopic (exact) mass is 83.1 g/mol. The Kier molecular flexibility index (Phi) is 0.621. The van der Waals surface area contributed by atoms with Crippen LogP contribution >= 0.6 is 0 Å². The Bertz CT molecular complexity index is 82.1. The molecule has 1 saturated heterocycles. The van der Waals surface area contributed by atoms with Crippen molar-refractivity contribution in [2.75, 3.05) is 6.54 Å². The second-order valence-electron chi connectivity index (χ2n) is 1.83. The fourth-order valence-corrected chi connectivity index (χ4v) is 0.398. The van der Waals surface area contributed by atoms with Crippen molar-refractivity contribution in [2.45, 2.75) is 13.8 Å². The van der Waals surface area contributed by atoms with Crippen LogP contribution in [0.3, 0.4) is 0 Å². The van der Waals surface area contributed by atoms with Gasteiger partial charge in [0.05, 0.1) is 6.54 Å². The number of nitrogens with one attached hydrogen (secondary N) is 1. The van der Waals surface area contributed by atoms with E-state index in [9.17, 15) is 0 Å². The lowest BCUT2D eigenvalue weighted by Gasteiger charge is -1.74. The fourth-order valence-electron chi connectivity index (χ4n) is 0.398.